The van der Waals surface area contributed by atoms with Crippen molar-refractivity contribution in [2.24, 2.45) is 5.41 Å². The van der Waals surface area contributed by atoms with Crippen molar-refractivity contribution in [3.63, 3.8) is 0 Å². The summed E-state index contributed by atoms with van der Waals surface area (Å²) in [5, 5.41) is 0. The lowest BCUT2D eigenvalue weighted by molar-refractivity contribution is 0.156. The molecule has 1 aliphatic heterocycles. The quantitative estimate of drug-likeness (QED) is 0.580. The van der Waals surface area contributed by atoms with Crippen LogP contribution >= 0.6 is 0 Å². The Morgan fingerprint density at radius 2 is 2.00 bits per heavy atom. The summed E-state index contributed by atoms with van der Waals surface area (Å²) in [5.41, 5.74) is 1.80. The molecule has 0 unspecified atom stereocenters. The van der Waals surface area contributed by atoms with Crippen LogP contribution in [-0.4, -0.2) is 17.5 Å². The molecule has 70 valence electrons. The summed E-state index contributed by atoms with van der Waals surface area (Å²) in [6.07, 6.45) is 2.45. The lowest BCUT2D eigenvalue weighted by Crippen LogP contribution is -2.39. The van der Waals surface area contributed by atoms with Gasteiger partial charge in [0.1, 0.15) is 0 Å². The molecule has 0 saturated carbocycles. The average molecular weight is 167 g/mol. The minimum absolute atomic E-state index is 0.475. The first-order valence-corrected chi connectivity index (χ1v) is 4.87. The van der Waals surface area contributed by atoms with Crippen LogP contribution < -0.4 is 0 Å². The molecule has 0 aromatic heterocycles. The molecule has 1 heteroatoms. The van der Waals surface area contributed by atoms with Crippen molar-refractivity contribution in [1.29, 1.82) is 0 Å². The second kappa shape index (κ2) is 3.12. The number of hydrogen-bond acceptors (Lipinski definition) is 1. The fourth-order valence-electron chi connectivity index (χ4n) is 1.95. The van der Waals surface area contributed by atoms with Crippen molar-refractivity contribution in [2.45, 2.75) is 46.6 Å². The Kier molecular flexibility index (Phi) is 2.50. The first kappa shape index (κ1) is 9.63. The van der Waals surface area contributed by atoms with Gasteiger partial charge in [-0.3, -0.25) is 0 Å². The van der Waals surface area contributed by atoms with E-state index >= 15 is 0 Å². The molecule has 0 bridgehead atoms. The number of rotatable bonds is 1. The maximum atomic E-state index is 4.14. The van der Waals surface area contributed by atoms with Gasteiger partial charge in [0.05, 0.1) is 0 Å². The van der Waals surface area contributed by atoms with E-state index in [1.807, 2.05) is 0 Å². The van der Waals surface area contributed by atoms with Crippen molar-refractivity contribution in [3.05, 3.63) is 12.3 Å². The monoisotopic (exact) mass is 167 g/mol. The van der Waals surface area contributed by atoms with E-state index in [1.165, 1.54) is 18.7 Å². The van der Waals surface area contributed by atoms with Gasteiger partial charge in [-0.2, -0.15) is 0 Å². The summed E-state index contributed by atoms with van der Waals surface area (Å²) >= 11 is 0. The number of likely N-dealkylation sites (tertiary alicyclic amines) is 1. The van der Waals surface area contributed by atoms with Crippen LogP contribution in [0.1, 0.15) is 40.5 Å². The van der Waals surface area contributed by atoms with Crippen LogP contribution in [0.2, 0.25) is 0 Å². The van der Waals surface area contributed by atoms with E-state index in [2.05, 4.69) is 39.2 Å². The predicted molar refractivity (Wildman–Crippen MR) is 54.0 cm³/mol. The van der Waals surface area contributed by atoms with Crippen molar-refractivity contribution >= 4 is 0 Å². The Bertz CT molecular complexity index is 179. The zero-order chi connectivity index (χ0) is 9.35. The van der Waals surface area contributed by atoms with E-state index in [1.54, 1.807) is 0 Å². The van der Waals surface area contributed by atoms with Gasteiger partial charge >= 0.3 is 0 Å². The van der Waals surface area contributed by atoms with Gasteiger partial charge in [-0.15, -0.1) is 0 Å². The molecular weight excluding hydrogens is 146 g/mol. The van der Waals surface area contributed by atoms with Crippen molar-refractivity contribution in [1.82, 2.24) is 4.90 Å². The SMILES string of the molecule is C=C1CC(C)(C)CCN1C(C)C. The fourth-order valence-corrected chi connectivity index (χ4v) is 1.95. The first-order chi connectivity index (χ1) is 5.42. The van der Waals surface area contributed by atoms with Crippen LogP contribution in [0, 0.1) is 5.41 Å². The molecule has 0 amide bonds. The fraction of sp³-hybridized carbons (Fsp3) is 0.818. The van der Waals surface area contributed by atoms with Gasteiger partial charge in [-0.05, 0) is 32.1 Å². The minimum atomic E-state index is 0.475. The third kappa shape index (κ3) is 2.02. The predicted octanol–water partition coefficient (Wildman–Crippen LogP) is 3.03. The van der Waals surface area contributed by atoms with E-state index in [4.69, 9.17) is 0 Å². The van der Waals surface area contributed by atoms with Crippen LogP contribution in [0.5, 0.6) is 0 Å². The van der Waals surface area contributed by atoms with E-state index in [-0.39, 0.29) is 0 Å². The second-order valence-corrected chi connectivity index (χ2v) is 4.94. The van der Waals surface area contributed by atoms with Crippen LogP contribution in [0.3, 0.4) is 0 Å². The Balaban J connectivity index is 2.60. The van der Waals surface area contributed by atoms with Crippen molar-refractivity contribution in [3.8, 4) is 0 Å². The highest BCUT2D eigenvalue weighted by Crippen LogP contribution is 2.35. The second-order valence-electron chi connectivity index (χ2n) is 4.94. The van der Waals surface area contributed by atoms with Crippen LogP contribution in [0.15, 0.2) is 12.3 Å². The summed E-state index contributed by atoms with van der Waals surface area (Å²) in [5.74, 6) is 0. The van der Waals surface area contributed by atoms with E-state index in [0.717, 1.165) is 6.42 Å². The van der Waals surface area contributed by atoms with E-state index in [0.29, 0.717) is 11.5 Å². The molecule has 0 aromatic rings. The van der Waals surface area contributed by atoms with Gasteiger partial charge in [-0.1, -0.05) is 20.4 Å². The molecule has 0 spiro atoms. The molecule has 1 nitrogen and oxygen atoms in total. The number of nitrogens with zero attached hydrogens (tertiary/aromatic N) is 1. The Morgan fingerprint density at radius 1 is 1.42 bits per heavy atom. The van der Waals surface area contributed by atoms with Crippen LogP contribution in [-0.2, 0) is 0 Å². The molecule has 0 aromatic carbocycles. The smallest absolute Gasteiger partial charge is 0.0230 e. The molecule has 1 aliphatic rings. The molecular formula is C11H21N. The summed E-state index contributed by atoms with van der Waals surface area (Å²) in [4.78, 5) is 2.42. The average Bonchev–Trinajstić information content (AvgIpc) is 1.83. The van der Waals surface area contributed by atoms with Crippen molar-refractivity contribution < 1.29 is 0 Å². The molecule has 0 radical (unpaired) electrons. The summed E-state index contributed by atoms with van der Waals surface area (Å²) in [6, 6.07) is 0.619. The van der Waals surface area contributed by atoms with Crippen LogP contribution in [0.25, 0.3) is 0 Å². The molecule has 1 fully saturated rings. The van der Waals surface area contributed by atoms with Gasteiger partial charge in [0.2, 0.25) is 0 Å². The molecule has 1 rings (SSSR count). The van der Waals surface area contributed by atoms with E-state index < -0.39 is 0 Å². The van der Waals surface area contributed by atoms with Crippen molar-refractivity contribution in [2.75, 3.05) is 6.54 Å². The Morgan fingerprint density at radius 3 is 2.42 bits per heavy atom. The number of piperidine rings is 1. The normalized spacial score (nSPS) is 23.4. The van der Waals surface area contributed by atoms with E-state index in [9.17, 15) is 0 Å². The number of hydrogen-bond donors (Lipinski definition) is 0. The highest BCUT2D eigenvalue weighted by atomic mass is 15.2. The summed E-state index contributed by atoms with van der Waals surface area (Å²) < 4.78 is 0. The molecule has 12 heavy (non-hydrogen) atoms. The summed E-state index contributed by atoms with van der Waals surface area (Å²) in [7, 11) is 0. The third-order valence-electron chi connectivity index (χ3n) is 2.74. The Labute approximate surface area is 76.5 Å². The lowest BCUT2D eigenvalue weighted by atomic mass is 9.81. The topological polar surface area (TPSA) is 3.24 Å². The molecule has 0 aliphatic carbocycles. The lowest BCUT2D eigenvalue weighted by Gasteiger charge is -2.42. The van der Waals surface area contributed by atoms with Gasteiger partial charge < -0.3 is 4.90 Å². The minimum Gasteiger partial charge on any atom is -0.373 e. The molecule has 0 N–H and O–H groups in total. The zero-order valence-electron chi connectivity index (χ0n) is 8.85. The molecule has 1 saturated heterocycles. The van der Waals surface area contributed by atoms with Gasteiger partial charge in [-0.25, -0.2) is 0 Å². The highest BCUT2D eigenvalue weighted by molar-refractivity contribution is 5.03. The maximum absolute atomic E-state index is 4.14. The Hall–Kier alpha value is -0.460. The molecule has 1 heterocycles. The van der Waals surface area contributed by atoms with Crippen LogP contribution in [0.4, 0.5) is 0 Å². The zero-order valence-corrected chi connectivity index (χ0v) is 8.85. The maximum Gasteiger partial charge on any atom is 0.0230 e. The van der Waals surface area contributed by atoms with Gasteiger partial charge in [0, 0.05) is 18.3 Å². The third-order valence-corrected chi connectivity index (χ3v) is 2.74. The van der Waals surface area contributed by atoms with Gasteiger partial charge in [0.25, 0.3) is 0 Å². The van der Waals surface area contributed by atoms with Gasteiger partial charge in [0.15, 0.2) is 0 Å². The number of allylic oxidation sites excluding steroid dienone is 1. The largest absolute Gasteiger partial charge is 0.373 e. The summed E-state index contributed by atoms with van der Waals surface area (Å²) in [6.45, 7) is 14.5. The first-order valence-electron chi connectivity index (χ1n) is 4.87. The molecule has 0 atom stereocenters. The highest BCUT2D eigenvalue weighted by Gasteiger charge is 2.28. The standard InChI is InChI=1S/C11H21N/c1-9(2)12-7-6-11(4,5)8-10(12)3/h9H,3,6-8H2,1-2,4-5H3.